The number of Topliss-reactive ketones (excluding diaryl/α,β-unsaturated/α-hetero) is 1. The SMILES string of the molecule is CN1CC(=Cc2cccnc2)C(=O)/C(=C/c2ccc(C(F)(F)F)cc2F)C1. The fraction of sp³-hybridized carbons (Fsp3) is 0.200. The van der Waals surface area contributed by atoms with E-state index in [0.29, 0.717) is 23.8 Å². The highest BCUT2D eigenvalue weighted by Gasteiger charge is 2.31. The van der Waals surface area contributed by atoms with Crippen LogP contribution >= 0.6 is 0 Å². The van der Waals surface area contributed by atoms with E-state index < -0.39 is 17.6 Å². The Labute approximate surface area is 153 Å². The van der Waals surface area contributed by atoms with Crippen molar-refractivity contribution in [2.75, 3.05) is 20.1 Å². The van der Waals surface area contributed by atoms with E-state index in [4.69, 9.17) is 0 Å². The Balaban J connectivity index is 1.94. The summed E-state index contributed by atoms with van der Waals surface area (Å²) >= 11 is 0. The monoisotopic (exact) mass is 376 g/mol. The van der Waals surface area contributed by atoms with Crippen LogP contribution in [-0.2, 0) is 11.0 Å². The van der Waals surface area contributed by atoms with Crippen LogP contribution in [0.15, 0.2) is 53.9 Å². The third-order valence-electron chi connectivity index (χ3n) is 4.15. The van der Waals surface area contributed by atoms with Crippen LogP contribution < -0.4 is 0 Å². The lowest BCUT2D eigenvalue weighted by Gasteiger charge is -2.26. The smallest absolute Gasteiger partial charge is 0.298 e. The maximum absolute atomic E-state index is 14.1. The Bertz CT molecular complexity index is 917. The second-order valence-electron chi connectivity index (χ2n) is 6.36. The largest absolute Gasteiger partial charge is 0.416 e. The predicted molar refractivity (Wildman–Crippen MR) is 94.1 cm³/mol. The first kappa shape index (κ1) is 19.0. The van der Waals surface area contributed by atoms with E-state index in [1.165, 1.54) is 6.08 Å². The lowest BCUT2D eigenvalue weighted by molar-refractivity contribution is -0.137. The first-order valence-electron chi connectivity index (χ1n) is 8.15. The van der Waals surface area contributed by atoms with Crippen molar-refractivity contribution < 1.29 is 22.4 Å². The molecular formula is C20H16F4N2O. The van der Waals surface area contributed by atoms with Gasteiger partial charge in [0.25, 0.3) is 0 Å². The highest BCUT2D eigenvalue weighted by molar-refractivity contribution is 6.14. The molecule has 2 aromatic rings. The fourth-order valence-electron chi connectivity index (χ4n) is 2.88. The molecule has 1 aromatic heterocycles. The fourth-order valence-corrected chi connectivity index (χ4v) is 2.88. The number of rotatable bonds is 2. The minimum absolute atomic E-state index is 0.0534. The number of likely N-dealkylation sites (tertiary alicyclic amines) is 1. The van der Waals surface area contributed by atoms with Gasteiger partial charge in [0.15, 0.2) is 5.78 Å². The molecule has 1 fully saturated rings. The van der Waals surface area contributed by atoms with E-state index in [-0.39, 0.29) is 17.9 Å². The summed E-state index contributed by atoms with van der Waals surface area (Å²) in [6.07, 6.45) is 1.64. The van der Waals surface area contributed by atoms with Gasteiger partial charge in [0.1, 0.15) is 5.82 Å². The van der Waals surface area contributed by atoms with Gasteiger partial charge in [-0.3, -0.25) is 14.7 Å². The van der Waals surface area contributed by atoms with Crippen molar-refractivity contribution in [3.05, 3.63) is 76.4 Å². The van der Waals surface area contributed by atoms with Crippen molar-refractivity contribution in [3.8, 4) is 0 Å². The van der Waals surface area contributed by atoms with Crippen LogP contribution in [0.1, 0.15) is 16.7 Å². The second-order valence-corrected chi connectivity index (χ2v) is 6.36. The number of nitrogens with zero attached hydrogens (tertiary/aromatic N) is 2. The van der Waals surface area contributed by atoms with Crippen molar-refractivity contribution in [1.82, 2.24) is 9.88 Å². The van der Waals surface area contributed by atoms with Gasteiger partial charge in [-0.15, -0.1) is 0 Å². The summed E-state index contributed by atoms with van der Waals surface area (Å²) in [5.74, 6) is -1.27. The van der Waals surface area contributed by atoms with Gasteiger partial charge in [-0.2, -0.15) is 13.2 Å². The molecule has 27 heavy (non-hydrogen) atoms. The molecule has 7 heteroatoms. The van der Waals surface area contributed by atoms with E-state index in [2.05, 4.69) is 4.98 Å². The van der Waals surface area contributed by atoms with E-state index in [9.17, 15) is 22.4 Å². The number of pyridine rings is 1. The molecule has 0 unspecified atom stereocenters. The molecule has 0 saturated carbocycles. The standard InChI is InChI=1S/C20H16F4N2O/c1-26-11-15(7-13-3-2-6-25-10-13)19(27)16(12-26)8-14-4-5-17(9-18(14)21)20(22,23)24/h2-10H,11-12H2,1H3/b15-7?,16-8+. The third kappa shape index (κ3) is 4.49. The van der Waals surface area contributed by atoms with Crippen LogP contribution in [0.4, 0.5) is 17.6 Å². The first-order valence-corrected chi connectivity index (χ1v) is 8.15. The summed E-state index contributed by atoms with van der Waals surface area (Å²) in [6, 6.07) is 5.84. The van der Waals surface area contributed by atoms with Crippen LogP contribution in [0.5, 0.6) is 0 Å². The lowest BCUT2D eigenvalue weighted by atomic mass is 9.94. The zero-order valence-electron chi connectivity index (χ0n) is 14.4. The summed E-state index contributed by atoms with van der Waals surface area (Å²) < 4.78 is 52.1. The first-order chi connectivity index (χ1) is 12.7. The van der Waals surface area contributed by atoms with Crippen LogP contribution in [0.3, 0.4) is 0 Å². The molecule has 3 nitrogen and oxygen atoms in total. The van der Waals surface area contributed by atoms with Gasteiger partial charge in [-0.1, -0.05) is 12.1 Å². The third-order valence-corrected chi connectivity index (χ3v) is 4.15. The lowest BCUT2D eigenvalue weighted by Crippen LogP contribution is -2.34. The zero-order valence-corrected chi connectivity index (χ0v) is 14.4. The molecule has 0 N–H and O–H groups in total. The van der Waals surface area contributed by atoms with Crippen molar-refractivity contribution in [1.29, 1.82) is 0 Å². The number of alkyl halides is 3. The molecule has 1 saturated heterocycles. The molecule has 0 atom stereocenters. The van der Waals surface area contributed by atoms with Crippen LogP contribution in [0.25, 0.3) is 12.2 Å². The highest BCUT2D eigenvalue weighted by Crippen LogP contribution is 2.31. The number of carbonyl (C=O) groups excluding carboxylic acids is 1. The van der Waals surface area contributed by atoms with Crippen LogP contribution in [0.2, 0.25) is 0 Å². The molecular weight excluding hydrogens is 360 g/mol. The number of hydrogen-bond acceptors (Lipinski definition) is 3. The topological polar surface area (TPSA) is 33.2 Å². The van der Waals surface area contributed by atoms with Gasteiger partial charge in [0.2, 0.25) is 0 Å². The molecule has 2 heterocycles. The van der Waals surface area contributed by atoms with Gasteiger partial charge in [0, 0.05) is 42.2 Å². The molecule has 0 aliphatic carbocycles. The van der Waals surface area contributed by atoms with E-state index in [1.807, 2.05) is 4.90 Å². The van der Waals surface area contributed by atoms with Crippen molar-refractivity contribution >= 4 is 17.9 Å². The highest BCUT2D eigenvalue weighted by atomic mass is 19.4. The average molecular weight is 376 g/mol. The van der Waals surface area contributed by atoms with Crippen molar-refractivity contribution in [2.24, 2.45) is 0 Å². The van der Waals surface area contributed by atoms with Gasteiger partial charge in [-0.05, 0) is 43.0 Å². The molecule has 1 aliphatic heterocycles. The number of benzene rings is 1. The molecule has 0 radical (unpaired) electrons. The molecule has 1 aromatic carbocycles. The number of piperidine rings is 1. The second kappa shape index (κ2) is 7.44. The summed E-state index contributed by atoms with van der Waals surface area (Å²) in [6.45, 7) is 0.699. The Morgan fingerprint density at radius 2 is 1.81 bits per heavy atom. The Kier molecular flexibility index (Phi) is 5.23. The maximum Gasteiger partial charge on any atom is 0.416 e. The minimum atomic E-state index is -4.62. The summed E-state index contributed by atoms with van der Waals surface area (Å²) in [5.41, 5.74) is 0.470. The number of likely N-dealkylation sites (N-methyl/N-ethyl adjacent to an activating group) is 1. The normalized spacial score (nSPS) is 19.1. The van der Waals surface area contributed by atoms with Crippen molar-refractivity contribution in [2.45, 2.75) is 6.18 Å². The van der Waals surface area contributed by atoms with E-state index in [1.54, 1.807) is 37.7 Å². The number of carbonyl (C=O) groups is 1. The Morgan fingerprint density at radius 3 is 2.41 bits per heavy atom. The molecule has 1 aliphatic rings. The number of hydrogen-bond donors (Lipinski definition) is 0. The van der Waals surface area contributed by atoms with Crippen LogP contribution in [0, 0.1) is 5.82 Å². The van der Waals surface area contributed by atoms with E-state index >= 15 is 0 Å². The van der Waals surface area contributed by atoms with Gasteiger partial charge >= 0.3 is 6.18 Å². The van der Waals surface area contributed by atoms with Gasteiger partial charge in [0.05, 0.1) is 5.56 Å². The predicted octanol–water partition coefficient (Wildman–Crippen LogP) is 4.22. The average Bonchev–Trinajstić information content (AvgIpc) is 2.60. The van der Waals surface area contributed by atoms with E-state index in [0.717, 1.165) is 17.7 Å². The minimum Gasteiger partial charge on any atom is -0.298 e. The summed E-state index contributed by atoms with van der Waals surface area (Å²) in [5, 5.41) is 0. The van der Waals surface area contributed by atoms with Crippen LogP contribution in [-0.4, -0.2) is 35.8 Å². The van der Waals surface area contributed by atoms with Gasteiger partial charge in [-0.25, -0.2) is 4.39 Å². The van der Waals surface area contributed by atoms with Gasteiger partial charge < -0.3 is 0 Å². The molecule has 0 amide bonds. The Hall–Kier alpha value is -2.80. The van der Waals surface area contributed by atoms with Crippen molar-refractivity contribution in [3.63, 3.8) is 0 Å². The number of halogens is 4. The number of aromatic nitrogens is 1. The Morgan fingerprint density at radius 1 is 1.11 bits per heavy atom. The molecule has 0 spiro atoms. The quantitative estimate of drug-likeness (QED) is 0.581. The summed E-state index contributed by atoms with van der Waals surface area (Å²) in [7, 11) is 1.81. The molecule has 3 rings (SSSR count). The maximum atomic E-state index is 14.1. The molecule has 0 bridgehead atoms. The zero-order chi connectivity index (χ0) is 19.6. The summed E-state index contributed by atoms with van der Waals surface area (Å²) in [4.78, 5) is 18.6. The molecule has 140 valence electrons. The number of ketones is 1.